The van der Waals surface area contributed by atoms with Crippen molar-refractivity contribution in [3.8, 4) is 11.4 Å². The largest absolute Gasteiger partial charge is 0.385 e. The maximum atomic E-state index is 13.0. The molecule has 3 aliphatic heterocycles. The molecule has 0 radical (unpaired) electrons. The predicted octanol–water partition coefficient (Wildman–Crippen LogP) is 3.70. The van der Waals surface area contributed by atoms with E-state index in [9.17, 15) is 4.79 Å². The van der Waals surface area contributed by atoms with Crippen molar-refractivity contribution in [2.24, 2.45) is 0 Å². The van der Waals surface area contributed by atoms with Crippen LogP contribution in [0.3, 0.4) is 0 Å². The number of aromatic amines is 1. The molecule has 27 heavy (non-hydrogen) atoms. The van der Waals surface area contributed by atoms with Crippen LogP contribution in [-0.2, 0) is 6.42 Å². The first-order valence-corrected chi connectivity index (χ1v) is 10.1. The minimum Gasteiger partial charge on any atom is -0.385 e. The van der Waals surface area contributed by atoms with Crippen LogP contribution in [-0.4, -0.2) is 26.3 Å². The highest BCUT2D eigenvalue weighted by Gasteiger charge is 2.30. The molecule has 6 nitrogen and oxygen atoms in total. The molecule has 0 bridgehead atoms. The zero-order valence-corrected chi connectivity index (χ0v) is 15.7. The third kappa shape index (κ3) is 2.66. The van der Waals surface area contributed by atoms with Gasteiger partial charge < -0.3 is 5.32 Å². The zero-order chi connectivity index (χ0) is 18.4. The van der Waals surface area contributed by atoms with E-state index in [1.165, 1.54) is 18.4 Å². The number of H-pyrrole nitrogens is 1. The summed E-state index contributed by atoms with van der Waals surface area (Å²) in [6.07, 6.45) is 6.45. The second-order valence-electron chi connectivity index (χ2n) is 7.69. The molecule has 0 amide bonds. The third-order valence-electron chi connectivity index (χ3n) is 6.10. The predicted molar refractivity (Wildman–Crippen MR) is 106 cm³/mol. The molecule has 2 N–H and O–H groups in total. The smallest absolute Gasteiger partial charge is 0.284 e. The fourth-order valence-corrected chi connectivity index (χ4v) is 4.71. The minimum absolute atomic E-state index is 0.0663. The summed E-state index contributed by atoms with van der Waals surface area (Å²) in [6, 6.07) is 8.69. The van der Waals surface area contributed by atoms with E-state index in [0.29, 0.717) is 17.4 Å². The van der Waals surface area contributed by atoms with Gasteiger partial charge in [-0.2, -0.15) is 4.98 Å². The summed E-state index contributed by atoms with van der Waals surface area (Å²) in [6.45, 7) is 2.94. The highest BCUT2D eigenvalue weighted by Crippen LogP contribution is 2.37. The number of hydrogen-bond acceptors (Lipinski definition) is 4. The Morgan fingerprint density at radius 2 is 1.96 bits per heavy atom. The van der Waals surface area contributed by atoms with Crippen LogP contribution in [0.2, 0.25) is 0 Å². The van der Waals surface area contributed by atoms with Gasteiger partial charge in [-0.25, -0.2) is 4.98 Å². The fraction of sp³-hybridized carbons (Fsp3) is 0.476. The Bertz CT molecular complexity index is 998. The molecule has 1 aromatic carbocycles. The van der Waals surface area contributed by atoms with Gasteiger partial charge in [-0.05, 0) is 37.3 Å². The normalized spacial score (nSPS) is 20.0. The van der Waals surface area contributed by atoms with Crippen LogP contribution >= 0.6 is 0 Å². The molecule has 5 rings (SSSR count). The highest BCUT2D eigenvalue weighted by atomic mass is 16.1. The van der Waals surface area contributed by atoms with E-state index in [2.05, 4.69) is 39.1 Å². The minimum atomic E-state index is -0.143. The fourth-order valence-electron chi connectivity index (χ4n) is 4.71. The molecule has 140 valence electrons. The molecular formula is C21H25N5O. The van der Waals surface area contributed by atoms with Crippen LogP contribution < -0.4 is 10.9 Å². The summed E-state index contributed by atoms with van der Waals surface area (Å²) in [4.78, 5) is 22.4. The SMILES string of the molecule is CCc1[nH]n(C2CCCC2)c2nc(C3CCNc4ccccc43)nc(=O)c1-2. The van der Waals surface area contributed by atoms with Gasteiger partial charge in [0, 0.05) is 23.8 Å². The molecule has 1 aromatic rings. The molecular weight excluding hydrogens is 338 g/mol. The molecule has 1 unspecified atom stereocenters. The lowest BCUT2D eigenvalue weighted by molar-refractivity contribution is 0.463. The number of nitrogens with zero attached hydrogens (tertiary/aromatic N) is 3. The lowest BCUT2D eigenvalue weighted by atomic mass is 9.90. The van der Waals surface area contributed by atoms with Gasteiger partial charge >= 0.3 is 0 Å². The summed E-state index contributed by atoms with van der Waals surface area (Å²) >= 11 is 0. The summed E-state index contributed by atoms with van der Waals surface area (Å²) < 4.78 is 2.15. The molecule has 1 saturated carbocycles. The van der Waals surface area contributed by atoms with Crippen LogP contribution in [0, 0.1) is 0 Å². The Morgan fingerprint density at radius 3 is 2.78 bits per heavy atom. The number of para-hydroxylation sites is 1. The van der Waals surface area contributed by atoms with E-state index in [1.54, 1.807) is 0 Å². The first kappa shape index (κ1) is 16.5. The lowest BCUT2D eigenvalue weighted by Gasteiger charge is -2.26. The number of benzene rings is 1. The summed E-state index contributed by atoms with van der Waals surface area (Å²) in [5, 5.41) is 6.91. The van der Waals surface area contributed by atoms with Crippen LogP contribution in [0.4, 0.5) is 5.69 Å². The van der Waals surface area contributed by atoms with Crippen molar-refractivity contribution in [1.29, 1.82) is 0 Å². The Hall–Kier alpha value is -2.63. The van der Waals surface area contributed by atoms with Crippen molar-refractivity contribution in [3.05, 3.63) is 51.7 Å². The molecule has 3 heterocycles. The Kier molecular flexibility index (Phi) is 3.99. The van der Waals surface area contributed by atoms with E-state index < -0.39 is 0 Å². The molecule has 6 heteroatoms. The Labute approximate surface area is 158 Å². The van der Waals surface area contributed by atoms with Gasteiger partial charge in [-0.15, -0.1) is 0 Å². The molecule has 0 saturated heterocycles. The summed E-state index contributed by atoms with van der Waals surface area (Å²) in [5.41, 5.74) is 3.79. The van der Waals surface area contributed by atoms with Gasteiger partial charge in [0.2, 0.25) is 0 Å². The number of nitrogens with one attached hydrogen (secondary N) is 2. The Morgan fingerprint density at radius 1 is 1.15 bits per heavy atom. The first-order chi connectivity index (χ1) is 13.3. The topological polar surface area (TPSA) is 75.6 Å². The lowest BCUT2D eigenvalue weighted by Crippen LogP contribution is -2.24. The standard InChI is InChI=1S/C21H25N5O/c1-2-16-18-20(26(25-16)13-7-3-4-8-13)23-19(24-21(18)27)15-11-12-22-17-10-6-5-9-14(15)17/h5-6,9-10,13,15,22,25H,2-4,7-8,11-12H2,1H3. The number of aromatic nitrogens is 4. The number of anilines is 1. The van der Waals surface area contributed by atoms with Crippen molar-refractivity contribution < 1.29 is 0 Å². The first-order valence-electron chi connectivity index (χ1n) is 10.1. The number of rotatable bonds is 3. The number of fused-ring (bicyclic) bond motifs is 2. The van der Waals surface area contributed by atoms with Crippen LogP contribution in [0.25, 0.3) is 11.4 Å². The average Bonchev–Trinajstić information content (AvgIpc) is 3.35. The third-order valence-corrected chi connectivity index (χ3v) is 6.10. The molecule has 0 spiro atoms. The molecule has 1 atom stereocenters. The van der Waals surface area contributed by atoms with Gasteiger partial charge in [-0.1, -0.05) is 38.0 Å². The number of hydrogen-bond donors (Lipinski definition) is 2. The number of aryl methyl sites for hydroxylation is 1. The van der Waals surface area contributed by atoms with E-state index in [-0.39, 0.29) is 11.5 Å². The van der Waals surface area contributed by atoms with Crippen LogP contribution in [0.15, 0.2) is 29.1 Å². The maximum absolute atomic E-state index is 13.0. The second-order valence-corrected chi connectivity index (χ2v) is 7.69. The summed E-state index contributed by atoms with van der Waals surface area (Å²) in [7, 11) is 0. The van der Waals surface area contributed by atoms with Crippen molar-refractivity contribution in [2.75, 3.05) is 11.9 Å². The van der Waals surface area contributed by atoms with Crippen molar-refractivity contribution >= 4 is 5.69 Å². The van der Waals surface area contributed by atoms with Gasteiger partial charge in [0.1, 0.15) is 11.4 Å². The zero-order valence-electron chi connectivity index (χ0n) is 15.7. The average molecular weight is 363 g/mol. The van der Waals surface area contributed by atoms with E-state index in [0.717, 1.165) is 49.4 Å². The van der Waals surface area contributed by atoms with Crippen molar-refractivity contribution in [1.82, 2.24) is 19.7 Å². The van der Waals surface area contributed by atoms with Crippen molar-refractivity contribution in [2.45, 2.75) is 57.4 Å². The second kappa shape index (κ2) is 6.51. The van der Waals surface area contributed by atoms with Gasteiger partial charge in [0.25, 0.3) is 5.56 Å². The van der Waals surface area contributed by atoms with Gasteiger partial charge in [0.05, 0.1) is 6.04 Å². The highest BCUT2D eigenvalue weighted by molar-refractivity contribution is 5.61. The maximum Gasteiger partial charge on any atom is 0.284 e. The Balaban J connectivity index is 1.67. The quantitative estimate of drug-likeness (QED) is 0.744. The molecule has 4 aliphatic rings. The van der Waals surface area contributed by atoms with E-state index in [1.807, 2.05) is 12.1 Å². The summed E-state index contributed by atoms with van der Waals surface area (Å²) in [5.74, 6) is 1.52. The van der Waals surface area contributed by atoms with Crippen LogP contribution in [0.1, 0.15) is 68.1 Å². The molecule has 0 aromatic heterocycles. The monoisotopic (exact) mass is 363 g/mol. The van der Waals surface area contributed by atoms with Gasteiger partial charge in [-0.3, -0.25) is 14.6 Å². The van der Waals surface area contributed by atoms with Crippen LogP contribution in [0.5, 0.6) is 0 Å². The van der Waals surface area contributed by atoms with Gasteiger partial charge in [0.15, 0.2) is 5.82 Å². The molecule has 1 fully saturated rings. The van der Waals surface area contributed by atoms with E-state index in [4.69, 9.17) is 4.98 Å². The molecule has 1 aliphatic carbocycles. The van der Waals surface area contributed by atoms with Crippen molar-refractivity contribution in [3.63, 3.8) is 0 Å². The van der Waals surface area contributed by atoms with E-state index >= 15 is 0 Å².